The van der Waals surface area contributed by atoms with Gasteiger partial charge in [0.1, 0.15) is 0 Å². The van der Waals surface area contributed by atoms with E-state index in [9.17, 15) is 4.79 Å². The molecule has 126 valence electrons. The predicted molar refractivity (Wildman–Crippen MR) is 95.5 cm³/mol. The van der Waals surface area contributed by atoms with E-state index in [2.05, 4.69) is 31.4 Å². The summed E-state index contributed by atoms with van der Waals surface area (Å²) in [6.07, 6.45) is 5.04. The standard InChI is InChI=1S/C17H18BrN3O2S/c18-13-5-3-11(4-6-13)16-20-21-17(23-16)24-9-15(22)19-14-8-10-1-2-12(14)7-10/h3-6,10,12,14H,1-2,7-9H2,(H,19,22)/t10-,12-,14+/m1/s1. The highest BCUT2D eigenvalue weighted by Crippen LogP contribution is 2.44. The second kappa shape index (κ2) is 6.88. The van der Waals surface area contributed by atoms with Gasteiger partial charge in [0.05, 0.1) is 5.75 Å². The molecule has 24 heavy (non-hydrogen) atoms. The zero-order valence-corrected chi connectivity index (χ0v) is 15.5. The Morgan fingerprint density at radius 1 is 1.25 bits per heavy atom. The first-order valence-corrected chi connectivity index (χ1v) is 9.97. The Kier molecular flexibility index (Phi) is 4.63. The van der Waals surface area contributed by atoms with Crippen molar-refractivity contribution in [3.8, 4) is 11.5 Å². The number of aromatic nitrogens is 2. The van der Waals surface area contributed by atoms with Crippen molar-refractivity contribution in [1.29, 1.82) is 0 Å². The molecule has 7 heteroatoms. The maximum Gasteiger partial charge on any atom is 0.277 e. The van der Waals surface area contributed by atoms with Crippen LogP contribution < -0.4 is 5.32 Å². The Morgan fingerprint density at radius 2 is 2.08 bits per heavy atom. The first-order chi connectivity index (χ1) is 11.7. The largest absolute Gasteiger partial charge is 0.411 e. The zero-order chi connectivity index (χ0) is 16.5. The van der Waals surface area contributed by atoms with Crippen LogP contribution in [-0.4, -0.2) is 27.9 Å². The number of benzene rings is 1. The molecule has 0 unspecified atom stereocenters. The molecule has 2 bridgehead atoms. The molecule has 1 amide bonds. The fourth-order valence-electron chi connectivity index (χ4n) is 3.77. The number of carbonyl (C=O) groups is 1. The van der Waals surface area contributed by atoms with E-state index >= 15 is 0 Å². The highest BCUT2D eigenvalue weighted by molar-refractivity contribution is 9.10. The number of hydrogen-bond acceptors (Lipinski definition) is 5. The van der Waals surface area contributed by atoms with Gasteiger partial charge in [-0.25, -0.2) is 0 Å². The van der Waals surface area contributed by atoms with Gasteiger partial charge in [-0.15, -0.1) is 10.2 Å². The van der Waals surface area contributed by atoms with Crippen molar-refractivity contribution < 1.29 is 9.21 Å². The highest BCUT2D eigenvalue weighted by atomic mass is 79.9. The van der Waals surface area contributed by atoms with Gasteiger partial charge in [-0.3, -0.25) is 4.79 Å². The summed E-state index contributed by atoms with van der Waals surface area (Å²) < 4.78 is 6.62. The van der Waals surface area contributed by atoms with E-state index in [0.29, 0.717) is 28.8 Å². The molecule has 2 saturated carbocycles. The molecule has 1 aromatic heterocycles. The molecule has 0 aliphatic heterocycles. The Morgan fingerprint density at radius 3 is 2.79 bits per heavy atom. The number of fused-ring (bicyclic) bond motifs is 2. The summed E-state index contributed by atoms with van der Waals surface area (Å²) in [6.45, 7) is 0. The van der Waals surface area contributed by atoms with E-state index in [4.69, 9.17) is 4.42 Å². The van der Waals surface area contributed by atoms with Gasteiger partial charge in [0.2, 0.25) is 11.8 Å². The highest BCUT2D eigenvalue weighted by Gasteiger charge is 2.40. The normalized spacial score (nSPS) is 25.1. The van der Waals surface area contributed by atoms with Gasteiger partial charge >= 0.3 is 0 Å². The van der Waals surface area contributed by atoms with Gasteiger partial charge in [-0.2, -0.15) is 0 Å². The van der Waals surface area contributed by atoms with Crippen LogP contribution in [0.1, 0.15) is 25.7 Å². The lowest BCUT2D eigenvalue weighted by Gasteiger charge is -2.22. The van der Waals surface area contributed by atoms with Gasteiger partial charge in [0, 0.05) is 16.1 Å². The molecule has 2 aliphatic rings. The minimum atomic E-state index is 0.0564. The molecule has 2 aromatic rings. The van der Waals surface area contributed by atoms with Crippen molar-refractivity contribution >= 4 is 33.6 Å². The summed E-state index contributed by atoms with van der Waals surface area (Å²) >= 11 is 4.69. The molecule has 0 saturated heterocycles. The Balaban J connectivity index is 1.30. The van der Waals surface area contributed by atoms with Crippen LogP contribution in [0.2, 0.25) is 0 Å². The third-order valence-electron chi connectivity index (χ3n) is 4.91. The summed E-state index contributed by atoms with van der Waals surface area (Å²) in [4.78, 5) is 12.1. The fourth-order valence-corrected chi connectivity index (χ4v) is 4.61. The lowest BCUT2D eigenvalue weighted by molar-refractivity contribution is -0.119. The lowest BCUT2D eigenvalue weighted by atomic mass is 9.95. The van der Waals surface area contributed by atoms with Crippen LogP contribution in [0.5, 0.6) is 0 Å². The Hall–Kier alpha value is -1.34. The second-order valence-corrected chi connectivity index (χ2v) is 8.36. The number of thioether (sulfide) groups is 1. The van der Waals surface area contributed by atoms with Gasteiger partial charge in [-0.05, 0) is 55.4 Å². The van der Waals surface area contributed by atoms with Crippen molar-refractivity contribution in [2.24, 2.45) is 11.8 Å². The van der Waals surface area contributed by atoms with E-state index in [-0.39, 0.29) is 5.91 Å². The van der Waals surface area contributed by atoms with Gasteiger partial charge in [-0.1, -0.05) is 34.1 Å². The number of hydrogen-bond donors (Lipinski definition) is 1. The van der Waals surface area contributed by atoms with Crippen LogP contribution in [0, 0.1) is 11.8 Å². The molecular weight excluding hydrogens is 390 g/mol. The zero-order valence-electron chi connectivity index (χ0n) is 13.1. The quantitative estimate of drug-likeness (QED) is 0.761. The average molecular weight is 408 g/mol. The van der Waals surface area contributed by atoms with Crippen LogP contribution in [0.4, 0.5) is 0 Å². The maximum absolute atomic E-state index is 12.1. The average Bonchev–Trinajstić information content (AvgIpc) is 3.30. The van der Waals surface area contributed by atoms with Crippen LogP contribution in [0.25, 0.3) is 11.5 Å². The molecule has 0 spiro atoms. The molecule has 5 nitrogen and oxygen atoms in total. The van der Waals surface area contributed by atoms with Crippen LogP contribution in [-0.2, 0) is 4.79 Å². The summed E-state index contributed by atoms with van der Waals surface area (Å²) in [5, 5.41) is 11.7. The minimum absolute atomic E-state index is 0.0564. The predicted octanol–water partition coefficient (Wildman–Crippen LogP) is 3.90. The van der Waals surface area contributed by atoms with Crippen molar-refractivity contribution in [3.63, 3.8) is 0 Å². The maximum atomic E-state index is 12.1. The molecular formula is C17H18BrN3O2S. The first kappa shape index (κ1) is 16.1. The molecule has 2 aliphatic carbocycles. The Labute approximate surface area is 153 Å². The van der Waals surface area contributed by atoms with Crippen LogP contribution in [0.3, 0.4) is 0 Å². The second-order valence-electron chi connectivity index (χ2n) is 6.52. The van der Waals surface area contributed by atoms with Crippen molar-refractivity contribution in [1.82, 2.24) is 15.5 Å². The summed E-state index contributed by atoms with van der Waals surface area (Å²) in [5.74, 6) is 2.36. The smallest absolute Gasteiger partial charge is 0.277 e. The van der Waals surface area contributed by atoms with Crippen molar-refractivity contribution in [2.45, 2.75) is 36.9 Å². The Bertz CT molecular complexity index is 734. The topological polar surface area (TPSA) is 68.0 Å². The number of nitrogens with one attached hydrogen (secondary N) is 1. The van der Waals surface area contributed by atoms with Gasteiger partial charge < -0.3 is 9.73 Å². The minimum Gasteiger partial charge on any atom is -0.411 e. The fraction of sp³-hybridized carbons (Fsp3) is 0.471. The molecule has 1 aromatic carbocycles. The van der Waals surface area contributed by atoms with Gasteiger partial charge in [0.15, 0.2) is 0 Å². The van der Waals surface area contributed by atoms with Crippen molar-refractivity contribution in [3.05, 3.63) is 28.7 Å². The van der Waals surface area contributed by atoms with E-state index < -0.39 is 0 Å². The summed E-state index contributed by atoms with van der Waals surface area (Å²) in [7, 11) is 0. The summed E-state index contributed by atoms with van der Waals surface area (Å²) in [5.41, 5.74) is 0.865. The van der Waals surface area contributed by atoms with E-state index in [1.54, 1.807) is 0 Å². The lowest BCUT2D eigenvalue weighted by Crippen LogP contribution is -2.39. The molecule has 2 fully saturated rings. The molecule has 4 rings (SSSR count). The molecule has 1 heterocycles. The number of rotatable bonds is 5. The molecule has 1 N–H and O–H groups in total. The first-order valence-electron chi connectivity index (χ1n) is 8.19. The third-order valence-corrected chi connectivity index (χ3v) is 6.26. The van der Waals surface area contributed by atoms with Gasteiger partial charge in [0.25, 0.3) is 5.22 Å². The van der Waals surface area contributed by atoms with E-state index in [1.165, 1.54) is 31.0 Å². The third kappa shape index (κ3) is 3.52. The number of amides is 1. The monoisotopic (exact) mass is 407 g/mol. The molecule has 3 atom stereocenters. The van der Waals surface area contributed by atoms with E-state index in [1.807, 2.05) is 24.3 Å². The van der Waals surface area contributed by atoms with Crippen molar-refractivity contribution in [2.75, 3.05) is 5.75 Å². The number of carbonyl (C=O) groups excluding carboxylic acids is 1. The number of halogens is 1. The number of nitrogens with zero attached hydrogens (tertiary/aromatic N) is 2. The summed E-state index contributed by atoms with van der Waals surface area (Å²) in [6, 6.07) is 8.05. The van der Waals surface area contributed by atoms with Crippen LogP contribution >= 0.6 is 27.7 Å². The van der Waals surface area contributed by atoms with E-state index in [0.717, 1.165) is 22.4 Å². The van der Waals surface area contributed by atoms with Crippen LogP contribution in [0.15, 0.2) is 38.4 Å². The molecule has 0 radical (unpaired) electrons. The SMILES string of the molecule is O=C(CSc1nnc(-c2ccc(Br)cc2)o1)N[C@H]1C[C@@H]2CC[C@@H]1C2.